The number of carbonyl (C=O) groups is 2. The molecule has 0 bridgehead atoms. The molecule has 0 spiro atoms. The Labute approximate surface area is 98.0 Å². The monoisotopic (exact) mass is 242 g/mol. The molecule has 1 heterocycles. The number of nitrogens with one attached hydrogen (secondary N) is 2. The Morgan fingerprint density at radius 1 is 1.38 bits per heavy atom. The second-order valence-corrected chi connectivity index (χ2v) is 3.88. The van der Waals surface area contributed by atoms with Gasteiger partial charge in [-0.25, -0.2) is 0 Å². The molecule has 0 atom stereocenters. The Hall–Kier alpha value is -1.43. The molecular formula is C10H14N2O3S. The van der Waals surface area contributed by atoms with Crippen molar-refractivity contribution in [2.24, 2.45) is 0 Å². The lowest BCUT2D eigenvalue weighted by Gasteiger charge is -2.04. The van der Waals surface area contributed by atoms with Crippen LogP contribution in [0.25, 0.3) is 0 Å². The smallest absolute Gasteiger partial charge is 0.287 e. The van der Waals surface area contributed by atoms with Gasteiger partial charge in [0.25, 0.3) is 5.91 Å². The minimum absolute atomic E-state index is 0.0280. The maximum atomic E-state index is 11.4. The number of hydrogen-bond donors (Lipinski definition) is 2. The van der Waals surface area contributed by atoms with Crippen molar-refractivity contribution in [3.8, 4) is 0 Å². The zero-order valence-corrected chi connectivity index (χ0v) is 9.80. The van der Waals surface area contributed by atoms with Gasteiger partial charge in [0, 0.05) is 13.1 Å². The topological polar surface area (TPSA) is 71.3 Å². The fourth-order valence-corrected chi connectivity index (χ4v) is 1.42. The molecule has 1 rings (SSSR count). The van der Waals surface area contributed by atoms with Gasteiger partial charge in [-0.05, 0) is 18.4 Å². The first-order chi connectivity index (χ1) is 7.74. The first kappa shape index (κ1) is 12.6. The van der Waals surface area contributed by atoms with E-state index in [4.69, 9.17) is 4.42 Å². The fourth-order valence-electron chi connectivity index (χ4n) is 1.05. The van der Waals surface area contributed by atoms with Crippen LogP contribution in [0.2, 0.25) is 0 Å². The number of amides is 2. The molecule has 6 heteroatoms. The van der Waals surface area contributed by atoms with E-state index in [9.17, 15) is 9.59 Å². The lowest BCUT2D eigenvalue weighted by molar-refractivity contribution is -0.118. The van der Waals surface area contributed by atoms with Gasteiger partial charge in [-0.2, -0.15) is 11.8 Å². The van der Waals surface area contributed by atoms with E-state index in [0.29, 0.717) is 18.8 Å². The highest BCUT2D eigenvalue weighted by Crippen LogP contribution is 1.98. The molecular weight excluding hydrogens is 228 g/mol. The van der Waals surface area contributed by atoms with Crippen LogP contribution in [0.3, 0.4) is 0 Å². The Bertz CT molecular complexity index is 338. The molecule has 16 heavy (non-hydrogen) atoms. The summed E-state index contributed by atoms with van der Waals surface area (Å²) in [4.78, 5) is 22.4. The standard InChI is InChI=1S/C10H14N2O3S/c1-16-7-9(13)11-4-5-12-10(14)8-3-2-6-15-8/h2-3,6H,4-5,7H2,1H3,(H,11,13)(H,12,14). The van der Waals surface area contributed by atoms with Crippen molar-refractivity contribution in [2.45, 2.75) is 0 Å². The quantitative estimate of drug-likeness (QED) is 0.712. The lowest BCUT2D eigenvalue weighted by atomic mass is 10.4. The Balaban J connectivity index is 2.12. The molecule has 0 aromatic carbocycles. The number of carbonyl (C=O) groups excluding carboxylic acids is 2. The zero-order chi connectivity index (χ0) is 11.8. The molecule has 0 saturated heterocycles. The van der Waals surface area contributed by atoms with Gasteiger partial charge in [-0.15, -0.1) is 0 Å². The SMILES string of the molecule is CSCC(=O)NCCNC(=O)c1ccco1. The van der Waals surface area contributed by atoms with Gasteiger partial charge in [0.2, 0.25) is 5.91 Å². The summed E-state index contributed by atoms with van der Waals surface area (Å²) in [6.07, 6.45) is 3.30. The van der Waals surface area contributed by atoms with Crippen molar-refractivity contribution in [1.29, 1.82) is 0 Å². The largest absolute Gasteiger partial charge is 0.459 e. The molecule has 0 aliphatic carbocycles. The van der Waals surface area contributed by atoms with E-state index >= 15 is 0 Å². The molecule has 0 saturated carbocycles. The van der Waals surface area contributed by atoms with Crippen molar-refractivity contribution in [3.05, 3.63) is 24.2 Å². The number of furan rings is 1. The van der Waals surface area contributed by atoms with Crippen LogP contribution in [0.4, 0.5) is 0 Å². The highest BCUT2D eigenvalue weighted by molar-refractivity contribution is 7.99. The van der Waals surface area contributed by atoms with Crippen molar-refractivity contribution < 1.29 is 14.0 Å². The normalized spacial score (nSPS) is 9.81. The maximum Gasteiger partial charge on any atom is 0.287 e. The van der Waals surface area contributed by atoms with E-state index in [-0.39, 0.29) is 17.6 Å². The highest BCUT2D eigenvalue weighted by atomic mass is 32.2. The van der Waals surface area contributed by atoms with Gasteiger partial charge < -0.3 is 15.1 Å². The van der Waals surface area contributed by atoms with Crippen LogP contribution in [-0.2, 0) is 4.79 Å². The van der Waals surface area contributed by atoms with E-state index in [0.717, 1.165) is 0 Å². The lowest BCUT2D eigenvalue weighted by Crippen LogP contribution is -2.35. The van der Waals surface area contributed by atoms with Gasteiger partial charge in [0.05, 0.1) is 12.0 Å². The first-order valence-corrected chi connectivity index (χ1v) is 6.20. The Morgan fingerprint density at radius 3 is 2.75 bits per heavy atom. The van der Waals surface area contributed by atoms with E-state index < -0.39 is 0 Å². The van der Waals surface area contributed by atoms with E-state index in [2.05, 4.69) is 10.6 Å². The molecule has 2 amide bonds. The highest BCUT2D eigenvalue weighted by Gasteiger charge is 2.06. The van der Waals surface area contributed by atoms with E-state index in [1.807, 2.05) is 6.26 Å². The van der Waals surface area contributed by atoms with Gasteiger partial charge >= 0.3 is 0 Å². The average Bonchev–Trinajstić information content (AvgIpc) is 2.78. The Kier molecular flexibility index (Phi) is 5.49. The van der Waals surface area contributed by atoms with Crippen molar-refractivity contribution >= 4 is 23.6 Å². The van der Waals surface area contributed by atoms with E-state index in [1.54, 1.807) is 12.1 Å². The first-order valence-electron chi connectivity index (χ1n) is 4.81. The molecule has 0 aliphatic rings. The average molecular weight is 242 g/mol. The summed E-state index contributed by atoms with van der Waals surface area (Å²) in [5.41, 5.74) is 0. The third-order valence-corrected chi connectivity index (χ3v) is 2.30. The third kappa shape index (κ3) is 4.39. The zero-order valence-electron chi connectivity index (χ0n) is 8.99. The van der Waals surface area contributed by atoms with Crippen LogP contribution in [0.1, 0.15) is 10.6 Å². The molecule has 2 N–H and O–H groups in total. The molecule has 88 valence electrons. The van der Waals surface area contributed by atoms with Crippen LogP contribution in [0, 0.1) is 0 Å². The van der Waals surface area contributed by atoms with Crippen molar-refractivity contribution in [1.82, 2.24) is 10.6 Å². The summed E-state index contributed by atoms with van der Waals surface area (Å²) in [5.74, 6) is 0.408. The van der Waals surface area contributed by atoms with Gasteiger partial charge in [-0.3, -0.25) is 9.59 Å². The van der Waals surface area contributed by atoms with Gasteiger partial charge in [-0.1, -0.05) is 0 Å². The second-order valence-electron chi connectivity index (χ2n) is 3.02. The minimum Gasteiger partial charge on any atom is -0.459 e. The predicted octanol–water partition coefficient (Wildman–Crippen LogP) is 0.489. The summed E-state index contributed by atoms with van der Waals surface area (Å²) >= 11 is 1.46. The maximum absolute atomic E-state index is 11.4. The summed E-state index contributed by atoms with van der Waals surface area (Å²) in [5, 5.41) is 5.31. The number of rotatable bonds is 6. The van der Waals surface area contributed by atoms with Crippen LogP contribution < -0.4 is 10.6 Å². The van der Waals surface area contributed by atoms with Crippen LogP contribution in [0.5, 0.6) is 0 Å². The molecule has 0 fully saturated rings. The summed E-state index contributed by atoms with van der Waals surface area (Å²) in [7, 11) is 0. The Morgan fingerprint density at radius 2 is 2.12 bits per heavy atom. The van der Waals surface area contributed by atoms with Crippen LogP contribution in [-0.4, -0.2) is 36.9 Å². The number of hydrogen-bond acceptors (Lipinski definition) is 4. The molecule has 0 unspecified atom stereocenters. The summed E-state index contributed by atoms with van der Waals surface area (Å²) < 4.78 is 4.91. The van der Waals surface area contributed by atoms with Gasteiger partial charge in [0.15, 0.2) is 5.76 Å². The summed E-state index contributed by atoms with van der Waals surface area (Å²) in [6, 6.07) is 3.23. The predicted molar refractivity (Wildman–Crippen MR) is 62.4 cm³/mol. The minimum atomic E-state index is -0.274. The van der Waals surface area contributed by atoms with Crippen molar-refractivity contribution in [3.63, 3.8) is 0 Å². The molecule has 0 radical (unpaired) electrons. The molecule has 0 aliphatic heterocycles. The van der Waals surface area contributed by atoms with Crippen LogP contribution >= 0.6 is 11.8 Å². The summed E-state index contributed by atoms with van der Waals surface area (Å²) in [6.45, 7) is 0.811. The van der Waals surface area contributed by atoms with Crippen molar-refractivity contribution in [2.75, 3.05) is 25.1 Å². The van der Waals surface area contributed by atoms with Gasteiger partial charge in [0.1, 0.15) is 0 Å². The second kappa shape index (κ2) is 6.95. The van der Waals surface area contributed by atoms with Crippen LogP contribution in [0.15, 0.2) is 22.8 Å². The molecule has 1 aromatic heterocycles. The fraction of sp³-hybridized carbons (Fsp3) is 0.400. The molecule has 1 aromatic rings. The number of thioether (sulfide) groups is 1. The van der Waals surface area contributed by atoms with E-state index in [1.165, 1.54) is 18.0 Å². The molecule has 5 nitrogen and oxygen atoms in total. The third-order valence-electron chi connectivity index (χ3n) is 1.75.